The molecule has 1 aliphatic carbocycles. The van der Waals surface area contributed by atoms with Gasteiger partial charge in [-0.3, -0.25) is 0 Å². The molecule has 0 heterocycles. The SMILES string of the molecule is CCCCCCC1(CCCCCC)c2ccccc2-c2ccc(-c3ccc(O)cc3)c(-c3ccc(O)cc3)c21. The number of aromatic hydroxyl groups is 2. The van der Waals surface area contributed by atoms with Crippen LogP contribution in [0.25, 0.3) is 33.4 Å². The largest absolute Gasteiger partial charge is 0.508 e. The second-order valence-electron chi connectivity index (χ2n) is 11.3. The predicted octanol–water partition coefficient (Wildman–Crippen LogP) is 10.6. The lowest BCUT2D eigenvalue weighted by Crippen LogP contribution is -2.26. The number of phenolic OH excluding ortho intramolecular Hbond substituents is 2. The average molecular weight is 519 g/mol. The van der Waals surface area contributed by atoms with Crippen molar-refractivity contribution in [1.29, 1.82) is 0 Å². The van der Waals surface area contributed by atoms with E-state index in [-0.39, 0.29) is 16.9 Å². The summed E-state index contributed by atoms with van der Waals surface area (Å²) in [7, 11) is 0. The van der Waals surface area contributed by atoms with E-state index in [9.17, 15) is 10.2 Å². The van der Waals surface area contributed by atoms with Gasteiger partial charge >= 0.3 is 0 Å². The quantitative estimate of drug-likeness (QED) is 0.183. The van der Waals surface area contributed by atoms with Gasteiger partial charge in [0.15, 0.2) is 0 Å². The van der Waals surface area contributed by atoms with E-state index in [4.69, 9.17) is 0 Å². The predicted molar refractivity (Wildman–Crippen MR) is 164 cm³/mol. The van der Waals surface area contributed by atoms with Gasteiger partial charge < -0.3 is 10.2 Å². The average Bonchev–Trinajstić information content (AvgIpc) is 3.24. The molecule has 2 heteroatoms. The lowest BCUT2D eigenvalue weighted by molar-refractivity contribution is 0.402. The van der Waals surface area contributed by atoms with Crippen LogP contribution >= 0.6 is 0 Å². The zero-order valence-corrected chi connectivity index (χ0v) is 23.5. The van der Waals surface area contributed by atoms with E-state index in [1.54, 1.807) is 12.1 Å². The summed E-state index contributed by atoms with van der Waals surface area (Å²) in [5, 5.41) is 20.2. The number of fused-ring (bicyclic) bond motifs is 3. The molecular formula is C37H42O2. The molecule has 2 nitrogen and oxygen atoms in total. The Morgan fingerprint density at radius 2 is 1.05 bits per heavy atom. The van der Waals surface area contributed by atoms with E-state index in [2.05, 4.69) is 62.4 Å². The minimum absolute atomic E-state index is 0.0481. The molecule has 4 aromatic rings. The Balaban J connectivity index is 1.78. The van der Waals surface area contributed by atoms with Crippen LogP contribution in [0.4, 0.5) is 0 Å². The summed E-state index contributed by atoms with van der Waals surface area (Å²) in [6, 6.07) is 29.0. The zero-order chi connectivity index (χ0) is 27.2. The monoisotopic (exact) mass is 518 g/mol. The Hall–Kier alpha value is -3.52. The minimum atomic E-state index is -0.0481. The molecule has 202 valence electrons. The maximum absolute atomic E-state index is 10.2. The molecule has 0 atom stereocenters. The molecular weight excluding hydrogens is 476 g/mol. The normalized spacial score (nSPS) is 13.3. The molecule has 0 saturated carbocycles. The molecule has 0 fully saturated rings. The molecule has 2 N–H and O–H groups in total. The number of rotatable bonds is 12. The second-order valence-corrected chi connectivity index (χ2v) is 11.3. The highest BCUT2D eigenvalue weighted by Crippen LogP contribution is 2.58. The van der Waals surface area contributed by atoms with Gasteiger partial charge in [-0.25, -0.2) is 0 Å². The summed E-state index contributed by atoms with van der Waals surface area (Å²) in [6.07, 6.45) is 12.3. The fourth-order valence-corrected chi connectivity index (χ4v) is 6.76. The van der Waals surface area contributed by atoms with Gasteiger partial charge in [0.1, 0.15) is 11.5 Å². The van der Waals surface area contributed by atoms with Crippen LogP contribution in [0.5, 0.6) is 11.5 Å². The second kappa shape index (κ2) is 12.1. The third-order valence-electron chi connectivity index (χ3n) is 8.67. The summed E-state index contributed by atoms with van der Waals surface area (Å²) >= 11 is 0. The summed E-state index contributed by atoms with van der Waals surface area (Å²) < 4.78 is 0. The van der Waals surface area contributed by atoms with Crippen molar-refractivity contribution in [3.05, 3.63) is 96.1 Å². The van der Waals surface area contributed by atoms with Crippen LogP contribution in [0, 0.1) is 0 Å². The van der Waals surface area contributed by atoms with Crippen LogP contribution in [-0.2, 0) is 5.41 Å². The van der Waals surface area contributed by atoms with E-state index in [0.29, 0.717) is 0 Å². The van der Waals surface area contributed by atoms with E-state index in [1.165, 1.54) is 84.7 Å². The summed E-state index contributed by atoms with van der Waals surface area (Å²) in [5.41, 5.74) is 10.3. The maximum Gasteiger partial charge on any atom is 0.115 e. The van der Waals surface area contributed by atoms with E-state index in [1.807, 2.05) is 24.3 Å². The van der Waals surface area contributed by atoms with Gasteiger partial charge in [0.05, 0.1) is 0 Å². The molecule has 0 aromatic heterocycles. The van der Waals surface area contributed by atoms with Crippen LogP contribution in [0.3, 0.4) is 0 Å². The zero-order valence-electron chi connectivity index (χ0n) is 23.5. The van der Waals surface area contributed by atoms with Crippen LogP contribution < -0.4 is 0 Å². The van der Waals surface area contributed by atoms with Gasteiger partial charge in [0.2, 0.25) is 0 Å². The lowest BCUT2D eigenvalue weighted by Gasteiger charge is -2.35. The van der Waals surface area contributed by atoms with Gasteiger partial charge in [-0.1, -0.05) is 126 Å². The smallest absolute Gasteiger partial charge is 0.115 e. The third-order valence-corrected chi connectivity index (χ3v) is 8.67. The highest BCUT2D eigenvalue weighted by Gasteiger charge is 2.44. The van der Waals surface area contributed by atoms with E-state index < -0.39 is 0 Å². The first-order chi connectivity index (χ1) is 19.1. The van der Waals surface area contributed by atoms with Crippen molar-refractivity contribution in [3.8, 4) is 44.9 Å². The topological polar surface area (TPSA) is 40.5 Å². The molecule has 0 saturated heterocycles. The number of phenols is 2. The Morgan fingerprint density at radius 3 is 1.64 bits per heavy atom. The molecule has 0 spiro atoms. The summed E-state index contributed by atoms with van der Waals surface area (Å²) in [5.74, 6) is 0.561. The fraction of sp³-hybridized carbons (Fsp3) is 0.351. The van der Waals surface area contributed by atoms with Crippen molar-refractivity contribution >= 4 is 0 Å². The van der Waals surface area contributed by atoms with Gasteiger partial charge in [-0.15, -0.1) is 0 Å². The van der Waals surface area contributed by atoms with Gasteiger partial charge in [-0.05, 0) is 81.6 Å². The summed E-state index contributed by atoms with van der Waals surface area (Å²) in [6.45, 7) is 4.57. The van der Waals surface area contributed by atoms with Crippen LogP contribution in [-0.4, -0.2) is 10.2 Å². The molecule has 1 aliphatic rings. The van der Waals surface area contributed by atoms with Crippen molar-refractivity contribution in [2.45, 2.75) is 83.5 Å². The lowest BCUT2D eigenvalue weighted by atomic mass is 9.68. The Bertz CT molecular complexity index is 1370. The van der Waals surface area contributed by atoms with E-state index >= 15 is 0 Å². The molecule has 0 radical (unpaired) electrons. The first-order valence-corrected chi connectivity index (χ1v) is 14.9. The standard InChI is InChI=1S/C37H42O2/c1-3-5-7-11-25-37(26-12-8-6-4-2)34-14-10-9-13-32(34)33-24-23-31(27-15-19-29(38)20-16-27)35(36(33)37)28-17-21-30(39)22-18-28/h9-10,13-24,38-39H,3-8,11-12,25-26H2,1-2H3. The van der Waals surface area contributed by atoms with Crippen LogP contribution in [0.15, 0.2) is 84.9 Å². The van der Waals surface area contributed by atoms with Crippen LogP contribution in [0.1, 0.15) is 89.2 Å². The first-order valence-electron chi connectivity index (χ1n) is 14.9. The van der Waals surface area contributed by atoms with Gasteiger partial charge in [0, 0.05) is 5.41 Å². The number of hydrogen-bond acceptors (Lipinski definition) is 2. The Kier molecular flexibility index (Phi) is 8.41. The molecule has 4 aromatic carbocycles. The summed E-state index contributed by atoms with van der Waals surface area (Å²) in [4.78, 5) is 0. The highest BCUT2D eigenvalue weighted by atomic mass is 16.3. The fourth-order valence-electron chi connectivity index (χ4n) is 6.76. The van der Waals surface area contributed by atoms with E-state index in [0.717, 1.165) is 24.0 Å². The molecule has 0 bridgehead atoms. The maximum atomic E-state index is 10.2. The van der Waals surface area contributed by atoms with Crippen molar-refractivity contribution in [2.24, 2.45) is 0 Å². The Morgan fingerprint density at radius 1 is 0.513 bits per heavy atom. The van der Waals surface area contributed by atoms with Crippen molar-refractivity contribution < 1.29 is 10.2 Å². The van der Waals surface area contributed by atoms with Crippen molar-refractivity contribution in [1.82, 2.24) is 0 Å². The number of unbranched alkanes of at least 4 members (excludes halogenated alkanes) is 6. The van der Waals surface area contributed by atoms with Crippen LogP contribution in [0.2, 0.25) is 0 Å². The number of benzene rings is 4. The first kappa shape index (κ1) is 27.1. The molecule has 39 heavy (non-hydrogen) atoms. The molecule has 0 aliphatic heterocycles. The number of hydrogen-bond donors (Lipinski definition) is 2. The Labute approximate surface area is 234 Å². The molecule has 0 amide bonds. The minimum Gasteiger partial charge on any atom is -0.508 e. The van der Waals surface area contributed by atoms with Crippen molar-refractivity contribution in [3.63, 3.8) is 0 Å². The third kappa shape index (κ3) is 5.35. The van der Waals surface area contributed by atoms with Gasteiger partial charge in [-0.2, -0.15) is 0 Å². The van der Waals surface area contributed by atoms with Gasteiger partial charge in [0.25, 0.3) is 0 Å². The van der Waals surface area contributed by atoms with Crippen molar-refractivity contribution in [2.75, 3.05) is 0 Å². The highest BCUT2D eigenvalue weighted by molar-refractivity contribution is 5.96. The molecule has 5 rings (SSSR count). The molecule has 0 unspecified atom stereocenters.